The fourth-order valence-electron chi connectivity index (χ4n) is 1.51. The predicted octanol–water partition coefficient (Wildman–Crippen LogP) is 1.84. The molecule has 0 saturated heterocycles. The van der Waals surface area contributed by atoms with Gasteiger partial charge in [-0.15, -0.1) is 0 Å². The summed E-state index contributed by atoms with van der Waals surface area (Å²) in [6.45, 7) is 10.1. The van der Waals surface area contributed by atoms with Crippen LogP contribution >= 0.6 is 0 Å². The van der Waals surface area contributed by atoms with Gasteiger partial charge in [0.1, 0.15) is 5.72 Å². The van der Waals surface area contributed by atoms with Crippen LogP contribution in [0.3, 0.4) is 0 Å². The summed E-state index contributed by atoms with van der Waals surface area (Å²) in [4.78, 5) is 2.10. The van der Waals surface area contributed by atoms with Gasteiger partial charge in [0, 0.05) is 0 Å². The minimum atomic E-state index is -0.566. The largest absolute Gasteiger partial charge is 0.376 e. The van der Waals surface area contributed by atoms with Crippen molar-refractivity contribution in [3.05, 3.63) is 0 Å². The average molecular weight is 159 g/mol. The number of rotatable bonds is 5. The summed E-state index contributed by atoms with van der Waals surface area (Å²) in [6, 6.07) is 0. The molecule has 0 aromatic rings. The topological polar surface area (TPSA) is 23.5 Å². The smallest absolute Gasteiger partial charge is 0.117 e. The van der Waals surface area contributed by atoms with Crippen molar-refractivity contribution in [1.82, 2.24) is 4.90 Å². The summed E-state index contributed by atoms with van der Waals surface area (Å²) in [5.41, 5.74) is -0.566. The first-order valence-electron chi connectivity index (χ1n) is 4.62. The van der Waals surface area contributed by atoms with Crippen molar-refractivity contribution in [3.8, 4) is 0 Å². The molecule has 0 heterocycles. The fourth-order valence-corrected chi connectivity index (χ4v) is 1.51. The molecule has 0 aromatic carbocycles. The Labute approximate surface area is 70.2 Å². The van der Waals surface area contributed by atoms with Crippen LogP contribution in [0, 0.1) is 0 Å². The van der Waals surface area contributed by atoms with Crippen molar-refractivity contribution >= 4 is 0 Å². The molecule has 0 fully saturated rings. The number of hydrogen-bond acceptors (Lipinski definition) is 2. The van der Waals surface area contributed by atoms with Gasteiger partial charge in [0.05, 0.1) is 0 Å². The highest BCUT2D eigenvalue weighted by atomic mass is 16.3. The molecule has 0 unspecified atom stereocenters. The summed E-state index contributed by atoms with van der Waals surface area (Å²) in [5, 5.41) is 10.0. The SMILES string of the molecule is CCN(CC)C(O)(CC)CC. The predicted molar refractivity (Wildman–Crippen MR) is 48.5 cm³/mol. The molecule has 0 saturated carbocycles. The Morgan fingerprint density at radius 1 is 1.00 bits per heavy atom. The molecule has 0 rings (SSSR count). The van der Waals surface area contributed by atoms with Crippen LogP contribution in [0.25, 0.3) is 0 Å². The van der Waals surface area contributed by atoms with Crippen molar-refractivity contribution in [2.75, 3.05) is 13.1 Å². The lowest BCUT2D eigenvalue weighted by Gasteiger charge is -2.37. The monoisotopic (exact) mass is 159 g/mol. The molecule has 0 amide bonds. The Morgan fingerprint density at radius 3 is 1.45 bits per heavy atom. The maximum Gasteiger partial charge on any atom is 0.117 e. The Balaban J connectivity index is 4.19. The minimum Gasteiger partial charge on any atom is -0.376 e. The van der Waals surface area contributed by atoms with Crippen LogP contribution in [0.5, 0.6) is 0 Å². The van der Waals surface area contributed by atoms with Gasteiger partial charge in [-0.05, 0) is 25.9 Å². The molecule has 0 radical (unpaired) electrons. The first kappa shape index (κ1) is 10.9. The van der Waals surface area contributed by atoms with E-state index in [0.29, 0.717) is 0 Å². The highest BCUT2D eigenvalue weighted by molar-refractivity contribution is 4.74. The van der Waals surface area contributed by atoms with Gasteiger partial charge in [-0.2, -0.15) is 0 Å². The molecule has 2 heteroatoms. The molecule has 0 aliphatic rings. The fraction of sp³-hybridized carbons (Fsp3) is 1.00. The van der Waals surface area contributed by atoms with Gasteiger partial charge >= 0.3 is 0 Å². The standard InChI is InChI=1S/C9H21NO/c1-5-9(11,6-2)10(7-3)8-4/h11H,5-8H2,1-4H3. The number of nitrogens with zero attached hydrogens (tertiary/aromatic N) is 1. The molecule has 0 aliphatic heterocycles. The summed E-state index contributed by atoms with van der Waals surface area (Å²) >= 11 is 0. The van der Waals surface area contributed by atoms with Crippen LogP contribution in [0.1, 0.15) is 40.5 Å². The van der Waals surface area contributed by atoms with Crippen LogP contribution in [0.15, 0.2) is 0 Å². The average Bonchev–Trinajstić information content (AvgIpc) is 2.06. The lowest BCUT2D eigenvalue weighted by molar-refractivity contribution is -0.109. The molecule has 0 atom stereocenters. The zero-order valence-corrected chi connectivity index (χ0v) is 8.22. The zero-order valence-electron chi connectivity index (χ0n) is 8.22. The van der Waals surface area contributed by atoms with Crippen LogP contribution < -0.4 is 0 Å². The molecule has 68 valence electrons. The third kappa shape index (κ3) is 2.46. The van der Waals surface area contributed by atoms with Crippen molar-refractivity contribution < 1.29 is 5.11 Å². The van der Waals surface area contributed by atoms with Gasteiger partial charge in [0.2, 0.25) is 0 Å². The van der Waals surface area contributed by atoms with E-state index in [9.17, 15) is 5.11 Å². The molecule has 0 aromatic heterocycles. The molecular formula is C9H21NO. The van der Waals surface area contributed by atoms with E-state index in [2.05, 4.69) is 18.7 Å². The van der Waals surface area contributed by atoms with E-state index < -0.39 is 5.72 Å². The zero-order chi connectivity index (χ0) is 8.91. The van der Waals surface area contributed by atoms with Crippen LogP contribution in [-0.2, 0) is 0 Å². The van der Waals surface area contributed by atoms with Crippen molar-refractivity contribution in [1.29, 1.82) is 0 Å². The van der Waals surface area contributed by atoms with E-state index >= 15 is 0 Å². The molecule has 2 nitrogen and oxygen atoms in total. The lowest BCUT2D eigenvalue weighted by atomic mass is 10.1. The van der Waals surface area contributed by atoms with Gasteiger partial charge in [0.15, 0.2) is 0 Å². The highest BCUT2D eigenvalue weighted by Crippen LogP contribution is 2.19. The number of hydrogen-bond donors (Lipinski definition) is 1. The highest BCUT2D eigenvalue weighted by Gasteiger charge is 2.27. The van der Waals surface area contributed by atoms with Crippen LogP contribution in [0.2, 0.25) is 0 Å². The Kier molecular flexibility index (Phi) is 4.69. The maximum absolute atomic E-state index is 10.0. The first-order valence-corrected chi connectivity index (χ1v) is 4.62. The third-order valence-electron chi connectivity index (χ3n) is 2.48. The molecule has 0 spiro atoms. The van der Waals surface area contributed by atoms with Crippen molar-refractivity contribution in [3.63, 3.8) is 0 Å². The Bertz CT molecular complexity index is 95.7. The van der Waals surface area contributed by atoms with Gasteiger partial charge in [-0.25, -0.2) is 0 Å². The van der Waals surface area contributed by atoms with Gasteiger partial charge < -0.3 is 5.11 Å². The molecule has 1 N–H and O–H groups in total. The van der Waals surface area contributed by atoms with E-state index in [0.717, 1.165) is 25.9 Å². The Hall–Kier alpha value is -0.0800. The first-order chi connectivity index (χ1) is 5.14. The summed E-state index contributed by atoms with van der Waals surface area (Å²) in [5.74, 6) is 0. The van der Waals surface area contributed by atoms with Gasteiger partial charge in [-0.3, -0.25) is 4.90 Å². The normalized spacial score (nSPS) is 12.5. The second-order valence-corrected chi connectivity index (χ2v) is 2.86. The van der Waals surface area contributed by atoms with Gasteiger partial charge in [0.25, 0.3) is 0 Å². The second-order valence-electron chi connectivity index (χ2n) is 2.86. The quantitative estimate of drug-likeness (QED) is 0.619. The van der Waals surface area contributed by atoms with Crippen molar-refractivity contribution in [2.24, 2.45) is 0 Å². The maximum atomic E-state index is 10.0. The van der Waals surface area contributed by atoms with Gasteiger partial charge in [-0.1, -0.05) is 27.7 Å². The summed E-state index contributed by atoms with van der Waals surface area (Å²) in [6.07, 6.45) is 1.62. The van der Waals surface area contributed by atoms with E-state index in [1.54, 1.807) is 0 Å². The summed E-state index contributed by atoms with van der Waals surface area (Å²) in [7, 11) is 0. The van der Waals surface area contributed by atoms with E-state index in [1.165, 1.54) is 0 Å². The third-order valence-corrected chi connectivity index (χ3v) is 2.48. The van der Waals surface area contributed by atoms with Crippen molar-refractivity contribution in [2.45, 2.75) is 46.3 Å². The van der Waals surface area contributed by atoms with Crippen LogP contribution in [0.4, 0.5) is 0 Å². The molecule has 11 heavy (non-hydrogen) atoms. The Morgan fingerprint density at radius 2 is 1.36 bits per heavy atom. The number of aliphatic hydroxyl groups is 1. The van der Waals surface area contributed by atoms with E-state index in [-0.39, 0.29) is 0 Å². The van der Waals surface area contributed by atoms with E-state index in [4.69, 9.17) is 0 Å². The lowest BCUT2D eigenvalue weighted by Crippen LogP contribution is -2.47. The second kappa shape index (κ2) is 4.73. The van der Waals surface area contributed by atoms with Crippen LogP contribution in [-0.4, -0.2) is 28.8 Å². The minimum absolute atomic E-state index is 0.566. The summed E-state index contributed by atoms with van der Waals surface area (Å²) < 4.78 is 0. The molecule has 0 aliphatic carbocycles. The van der Waals surface area contributed by atoms with E-state index in [1.807, 2.05) is 13.8 Å². The molecular weight excluding hydrogens is 138 g/mol. The molecule has 0 bridgehead atoms.